The van der Waals surface area contributed by atoms with Crippen molar-refractivity contribution in [3.8, 4) is 0 Å². The second-order valence-electron chi connectivity index (χ2n) is 2.48. The molecule has 3 nitrogen and oxygen atoms in total. The van der Waals surface area contributed by atoms with Gasteiger partial charge in [-0.25, -0.2) is 0 Å². The fraction of sp³-hybridized carbons (Fsp3) is 0.833. The normalized spacial score (nSPS) is 25.9. The molecule has 1 rings (SSSR count). The monoisotopic (exact) mass is 161 g/mol. The van der Waals surface area contributed by atoms with Crippen LogP contribution in [0.15, 0.2) is 0 Å². The van der Waals surface area contributed by atoms with E-state index in [-0.39, 0.29) is 11.9 Å². The highest BCUT2D eigenvalue weighted by Crippen LogP contribution is 2.12. The number of carbonyl (C=O) groups is 1. The molecule has 0 aliphatic carbocycles. The van der Waals surface area contributed by atoms with Crippen molar-refractivity contribution in [2.45, 2.75) is 12.8 Å². The van der Waals surface area contributed by atoms with Crippen molar-refractivity contribution in [2.24, 2.45) is 5.92 Å². The van der Waals surface area contributed by atoms with E-state index in [9.17, 15) is 4.79 Å². The van der Waals surface area contributed by atoms with Crippen LogP contribution >= 0.6 is 9.47 Å². The van der Waals surface area contributed by atoms with Gasteiger partial charge in [0.05, 0.1) is 15.4 Å². The van der Waals surface area contributed by atoms with E-state index in [4.69, 9.17) is 0 Å². The number of hydrogen-bond donors (Lipinski definition) is 1. The zero-order valence-corrected chi connectivity index (χ0v) is 6.95. The van der Waals surface area contributed by atoms with E-state index in [1.165, 1.54) is 0 Å². The highest BCUT2D eigenvalue weighted by atomic mass is 31.0. The van der Waals surface area contributed by atoms with Crippen LogP contribution in [0.4, 0.5) is 0 Å². The Hall–Kier alpha value is -0.140. The number of hydrogen-bond acceptors (Lipinski definition) is 3. The van der Waals surface area contributed by atoms with Gasteiger partial charge in [-0.2, -0.15) is 0 Å². The van der Waals surface area contributed by atoms with Gasteiger partial charge in [0.2, 0.25) is 0 Å². The first kappa shape index (κ1) is 7.96. The molecule has 1 fully saturated rings. The molecule has 2 unspecified atom stereocenters. The highest BCUT2D eigenvalue weighted by Gasteiger charge is 2.20. The largest absolute Gasteiger partial charge is 0.451 e. The van der Waals surface area contributed by atoms with Crippen LogP contribution < -0.4 is 5.32 Å². The molecule has 58 valence electrons. The summed E-state index contributed by atoms with van der Waals surface area (Å²) in [4.78, 5) is 10.9. The molecule has 0 spiro atoms. The average Bonchev–Trinajstić information content (AvgIpc) is 2.05. The standard InChI is InChI=1S/C6H12NO2P/c8-6(9-10)5-2-1-3-7-4-5/h5,7H,1-4,10H2. The van der Waals surface area contributed by atoms with Crippen LogP contribution in [0.5, 0.6) is 0 Å². The Morgan fingerprint density at radius 3 is 3.00 bits per heavy atom. The molecule has 0 aromatic heterocycles. The lowest BCUT2D eigenvalue weighted by Crippen LogP contribution is -2.34. The summed E-state index contributed by atoms with van der Waals surface area (Å²) in [5.41, 5.74) is 0. The van der Waals surface area contributed by atoms with E-state index in [1.807, 2.05) is 9.47 Å². The molecule has 0 amide bonds. The highest BCUT2D eigenvalue weighted by molar-refractivity contribution is 7.10. The number of nitrogens with one attached hydrogen (secondary N) is 1. The summed E-state index contributed by atoms with van der Waals surface area (Å²) >= 11 is 0. The summed E-state index contributed by atoms with van der Waals surface area (Å²) < 4.78 is 4.53. The van der Waals surface area contributed by atoms with Crippen LogP contribution in [0.25, 0.3) is 0 Å². The second-order valence-corrected chi connectivity index (χ2v) is 2.72. The summed E-state index contributed by atoms with van der Waals surface area (Å²) in [6, 6.07) is 0. The lowest BCUT2D eigenvalue weighted by Gasteiger charge is -2.19. The Bertz CT molecular complexity index is 123. The van der Waals surface area contributed by atoms with Crippen molar-refractivity contribution in [2.75, 3.05) is 13.1 Å². The third-order valence-electron chi connectivity index (χ3n) is 1.75. The zero-order valence-electron chi connectivity index (χ0n) is 5.80. The second kappa shape index (κ2) is 3.89. The number of carbonyl (C=O) groups excluding carboxylic acids is 1. The molecule has 1 aliphatic rings. The van der Waals surface area contributed by atoms with Gasteiger partial charge in [0.1, 0.15) is 0 Å². The Morgan fingerprint density at radius 1 is 1.70 bits per heavy atom. The van der Waals surface area contributed by atoms with E-state index >= 15 is 0 Å². The van der Waals surface area contributed by atoms with Gasteiger partial charge in [0.25, 0.3) is 0 Å². The SMILES string of the molecule is O=C(OP)C1CCCNC1. The molecule has 1 aliphatic heterocycles. The molecule has 0 bridgehead atoms. The first-order chi connectivity index (χ1) is 4.84. The van der Waals surface area contributed by atoms with Crippen molar-refractivity contribution in [1.29, 1.82) is 0 Å². The van der Waals surface area contributed by atoms with Crippen LogP contribution in [0.1, 0.15) is 12.8 Å². The van der Waals surface area contributed by atoms with Crippen LogP contribution in [0.2, 0.25) is 0 Å². The Balaban J connectivity index is 2.31. The lowest BCUT2D eigenvalue weighted by atomic mass is 10.0. The summed E-state index contributed by atoms with van der Waals surface area (Å²) in [7, 11) is 1.99. The van der Waals surface area contributed by atoms with E-state index in [0.29, 0.717) is 0 Å². The van der Waals surface area contributed by atoms with Gasteiger partial charge in [-0.05, 0) is 19.4 Å². The van der Waals surface area contributed by atoms with E-state index in [0.717, 1.165) is 25.9 Å². The molecule has 0 aromatic rings. The molecule has 0 saturated carbocycles. The predicted molar refractivity (Wildman–Crippen MR) is 41.4 cm³/mol. The molecule has 10 heavy (non-hydrogen) atoms. The third kappa shape index (κ3) is 1.93. The van der Waals surface area contributed by atoms with E-state index < -0.39 is 0 Å². The maximum Gasteiger partial charge on any atom is 0.312 e. The molecule has 4 heteroatoms. The van der Waals surface area contributed by atoms with E-state index in [1.54, 1.807) is 0 Å². The summed E-state index contributed by atoms with van der Waals surface area (Å²) in [5.74, 6) is -0.0385. The maximum atomic E-state index is 10.9. The van der Waals surface area contributed by atoms with Crippen molar-refractivity contribution in [1.82, 2.24) is 5.32 Å². The van der Waals surface area contributed by atoms with Crippen molar-refractivity contribution in [3.05, 3.63) is 0 Å². The zero-order chi connectivity index (χ0) is 7.40. The number of rotatable bonds is 1. The lowest BCUT2D eigenvalue weighted by molar-refractivity contribution is -0.138. The topological polar surface area (TPSA) is 38.3 Å². The van der Waals surface area contributed by atoms with Gasteiger partial charge in [-0.1, -0.05) is 0 Å². The Kier molecular flexibility index (Phi) is 3.10. The van der Waals surface area contributed by atoms with Gasteiger partial charge in [0, 0.05) is 6.54 Å². The minimum atomic E-state index is -0.114. The molecule has 1 saturated heterocycles. The van der Waals surface area contributed by atoms with Crippen molar-refractivity contribution < 1.29 is 9.32 Å². The van der Waals surface area contributed by atoms with Crippen molar-refractivity contribution in [3.63, 3.8) is 0 Å². The number of piperidine rings is 1. The van der Waals surface area contributed by atoms with Gasteiger partial charge in [-0.3, -0.25) is 4.79 Å². The van der Waals surface area contributed by atoms with Crippen LogP contribution in [0.3, 0.4) is 0 Å². The quantitative estimate of drug-likeness (QED) is 0.563. The molecule has 1 heterocycles. The molecular formula is C6H12NO2P. The van der Waals surface area contributed by atoms with Gasteiger partial charge in [-0.15, -0.1) is 0 Å². The van der Waals surface area contributed by atoms with Crippen molar-refractivity contribution >= 4 is 15.4 Å². The van der Waals surface area contributed by atoms with Crippen LogP contribution in [0, 0.1) is 5.92 Å². The third-order valence-corrected chi connectivity index (χ3v) is 1.98. The predicted octanol–water partition coefficient (Wildman–Crippen LogP) is 0.319. The Labute approximate surface area is 62.8 Å². The van der Waals surface area contributed by atoms with Gasteiger partial charge >= 0.3 is 5.97 Å². The summed E-state index contributed by atoms with van der Waals surface area (Å²) in [6.45, 7) is 1.80. The summed E-state index contributed by atoms with van der Waals surface area (Å²) in [5, 5.41) is 3.14. The average molecular weight is 161 g/mol. The first-order valence-corrected chi connectivity index (χ1v) is 3.93. The van der Waals surface area contributed by atoms with E-state index in [2.05, 4.69) is 9.84 Å². The molecular weight excluding hydrogens is 149 g/mol. The molecule has 1 N–H and O–H groups in total. The fourth-order valence-corrected chi connectivity index (χ4v) is 1.34. The van der Waals surface area contributed by atoms with Gasteiger partial charge in [0.15, 0.2) is 0 Å². The minimum Gasteiger partial charge on any atom is -0.451 e. The molecule has 2 atom stereocenters. The summed E-state index contributed by atoms with van der Waals surface area (Å²) in [6.07, 6.45) is 2.03. The Morgan fingerprint density at radius 2 is 2.50 bits per heavy atom. The fourth-order valence-electron chi connectivity index (χ4n) is 1.15. The minimum absolute atomic E-state index is 0.0752. The van der Waals surface area contributed by atoms with Crippen LogP contribution in [-0.2, 0) is 9.32 Å². The molecule has 0 radical (unpaired) electrons. The molecule has 0 aromatic carbocycles. The van der Waals surface area contributed by atoms with Gasteiger partial charge < -0.3 is 9.84 Å². The maximum absolute atomic E-state index is 10.9. The van der Waals surface area contributed by atoms with Crippen LogP contribution in [-0.4, -0.2) is 19.1 Å². The smallest absolute Gasteiger partial charge is 0.312 e. The first-order valence-electron chi connectivity index (χ1n) is 3.46.